The molecule has 1 aromatic carbocycles. The lowest BCUT2D eigenvalue weighted by Gasteiger charge is -2.09. The van der Waals surface area contributed by atoms with Gasteiger partial charge in [-0.05, 0) is 24.5 Å². The molecule has 0 bridgehead atoms. The van der Waals surface area contributed by atoms with Crippen LogP contribution in [-0.4, -0.2) is 17.8 Å². The highest BCUT2D eigenvalue weighted by Gasteiger charge is 2.00. The number of aliphatic hydroxyl groups is 1. The fourth-order valence-corrected chi connectivity index (χ4v) is 0.827. The van der Waals surface area contributed by atoms with Gasteiger partial charge in [0.15, 0.2) is 0 Å². The fourth-order valence-electron chi connectivity index (χ4n) is 0.827. The monoisotopic (exact) mass is 224 g/mol. The first-order valence-electron chi connectivity index (χ1n) is 5.92. The van der Waals surface area contributed by atoms with Gasteiger partial charge in [-0.1, -0.05) is 45.9 Å². The third kappa shape index (κ3) is 9.53. The first-order chi connectivity index (χ1) is 7.56. The highest BCUT2D eigenvalue weighted by atomic mass is 16.5. The average molecular weight is 224 g/mol. The molecule has 0 radical (unpaired) electrons. The van der Waals surface area contributed by atoms with Crippen molar-refractivity contribution in [1.82, 2.24) is 0 Å². The number of rotatable bonds is 4. The van der Waals surface area contributed by atoms with Crippen molar-refractivity contribution >= 4 is 0 Å². The van der Waals surface area contributed by atoms with Gasteiger partial charge in [-0.2, -0.15) is 0 Å². The molecule has 0 saturated carbocycles. The molecule has 0 amide bonds. The summed E-state index contributed by atoms with van der Waals surface area (Å²) in [5.74, 6) is 1.64. The fraction of sp³-hybridized carbons (Fsp3) is 0.571. The van der Waals surface area contributed by atoms with Crippen LogP contribution in [0.4, 0.5) is 0 Å². The van der Waals surface area contributed by atoms with Crippen molar-refractivity contribution in [2.45, 2.75) is 40.2 Å². The molecule has 92 valence electrons. The molecule has 0 saturated heterocycles. The number of aliphatic hydroxyl groups excluding tert-OH is 1. The SMILES string of the molecule is CC(C)C.CCC(O)COc1ccccc1. The summed E-state index contributed by atoms with van der Waals surface area (Å²) >= 11 is 0. The van der Waals surface area contributed by atoms with E-state index in [2.05, 4.69) is 20.8 Å². The number of ether oxygens (including phenoxy) is 1. The van der Waals surface area contributed by atoms with E-state index < -0.39 is 0 Å². The summed E-state index contributed by atoms with van der Waals surface area (Å²) in [4.78, 5) is 0. The van der Waals surface area contributed by atoms with Gasteiger partial charge in [0.2, 0.25) is 0 Å². The molecule has 0 aromatic heterocycles. The Morgan fingerprint density at radius 1 is 1.12 bits per heavy atom. The lowest BCUT2D eigenvalue weighted by molar-refractivity contribution is 0.104. The minimum absolute atomic E-state index is 0.356. The van der Waals surface area contributed by atoms with Gasteiger partial charge in [-0.25, -0.2) is 0 Å². The zero-order valence-corrected chi connectivity index (χ0v) is 10.8. The van der Waals surface area contributed by atoms with Crippen LogP contribution in [0.15, 0.2) is 30.3 Å². The van der Waals surface area contributed by atoms with Crippen LogP contribution in [-0.2, 0) is 0 Å². The summed E-state index contributed by atoms with van der Waals surface area (Å²) in [5, 5.41) is 9.19. The van der Waals surface area contributed by atoms with Crippen molar-refractivity contribution in [2.24, 2.45) is 5.92 Å². The molecule has 2 nitrogen and oxygen atoms in total. The van der Waals surface area contributed by atoms with Crippen molar-refractivity contribution in [3.63, 3.8) is 0 Å². The van der Waals surface area contributed by atoms with Crippen molar-refractivity contribution < 1.29 is 9.84 Å². The van der Waals surface area contributed by atoms with E-state index in [-0.39, 0.29) is 6.10 Å². The first-order valence-corrected chi connectivity index (χ1v) is 5.92. The Kier molecular flexibility index (Phi) is 8.64. The summed E-state index contributed by atoms with van der Waals surface area (Å²) in [6, 6.07) is 9.51. The summed E-state index contributed by atoms with van der Waals surface area (Å²) in [6.45, 7) is 8.81. The molecule has 0 spiro atoms. The van der Waals surface area contributed by atoms with Crippen LogP contribution in [0.1, 0.15) is 34.1 Å². The molecule has 0 aliphatic carbocycles. The normalized spacial score (nSPS) is 11.6. The molecule has 16 heavy (non-hydrogen) atoms. The maximum Gasteiger partial charge on any atom is 0.119 e. The molecular formula is C14H24O2. The third-order valence-electron chi connectivity index (χ3n) is 1.66. The molecule has 1 atom stereocenters. The second kappa shape index (κ2) is 9.22. The van der Waals surface area contributed by atoms with Gasteiger partial charge in [0, 0.05) is 0 Å². The van der Waals surface area contributed by atoms with Crippen molar-refractivity contribution in [3.8, 4) is 5.75 Å². The second-order valence-electron chi connectivity index (χ2n) is 4.42. The van der Waals surface area contributed by atoms with E-state index in [1.54, 1.807) is 0 Å². The Labute approximate surface area is 99.3 Å². The Hall–Kier alpha value is -1.02. The predicted molar refractivity (Wildman–Crippen MR) is 68.7 cm³/mol. The standard InChI is InChI=1S/C10H14O2.C4H10/c1-2-9(11)8-12-10-6-4-3-5-7-10;1-4(2)3/h3-7,9,11H,2,8H2,1H3;4H,1-3H3. The van der Waals surface area contributed by atoms with Crippen LogP contribution in [0.3, 0.4) is 0 Å². The van der Waals surface area contributed by atoms with Gasteiger partial charge >= 0.3 is 0 Å². The van der Waals surface area contributed by atoms with Gasteiger partial charge in [-0.15, -0.1) is 0 Å². The topological polar surface area (TPSA) is 29.5 Å². The summed E-state index contributed by atoms with van der Waals surface area (Å²) in [6.07, 6.45) is 0.373. The number of benzene rings is 1. The highest BCUT2D eigenvalue weighted by Crippen LogP contribution is 2.08. The van der Waals surface area contributed by atoms with Gasteiger partial charge in [0.05, 0.1) is 6.10 Å². The molecule has 0 aliphatic heterocycles. The lowest BCUT2D eigenvalue weighted by Crippen LogP contribution is -2.15. The molecular weight excluding hydrogens is 200 g/mol. The van der Waals surface area contributed by atoms with E-state index in [1.165, 1.54) is 0 Å². The van der Waals surface area contributed by atoms with E-state index in [1.807, 2.05) is 37.3 Å². The zero-order chi connectivity index (χ0) is 12.4. The van der Waals surface area contributed by atoms with Crippen LogP contribution >= 0.6 is 0 Å². The largest absolute Gasteiger partial charge is 0.491 e. The molecule has 0 fully saturated rings. The van der Waals surface area contributed by atoms with E-state index in [0.717, 1.165) is 18.1 Å². The molecule has 0 heterocycles. The Bertz CT molecular complexity index is 241. The molecule has 2 heteroatoms. The maximum atomic E-state index is 9.19. The molecule has 1 aromatic rings. The molecule has 1 rings (SSSR count). The van der Waals surface area contributed by atoms with E-state index in [9.17, 15) is 5.11 Å². The molecule has 1 unspecified atom stereocenters. The number of para-hydroxylation sites is 1. The van der Waals surface area contributed by atoms with Crippen LogP contribution in [0.2, 0.25) is 0 Å². The Morgan fingerprint density at radius 3 is 2.06 bits per heavy atom. The summed E-state index contributed by atoms with van der Waals surface area (Å²) in [7, 11) is 0. The quantitative estimate of drug-likeness (QED) is 0.848. The van der Waals surface area contributed by atoms with E-state index in [0.29, 0.717) is 6.61 Å². The van der Waals surface area contributed by atoms with Crippen molar-refractivity contribution in [1.29, 1.82) is 0 Å². The highest BCUT2D eigenvalue weighted by molar-refractivity contribution is 5.20. The second-order valence-corrected chi connectivity index (χ2v) is 4.42. The Morgan fingerprint density at radius 2 is 1.62 bits per heavy atom. The number of hydrogen-bond acceptors (Lipinski definition) is 2. The van der Waals surface area contributed by atoms with Crippen LogP contribution in [0.5, 0.6) is 5.75 Å². The van der Waals surface area contributed by atoms with Crippen LogP contribution in [0, 0.1) is 5.92 Å². The molecule has 0 aliphatic rings. The smallest absolute Gasteiger partial charge is 0.119 e. The lowest BCUT2D eigenvalue weighted by atomic mass is 10.3. The zero-order valence-electron chi connectivity index (χ0n) is 10.8. The number of hydrogen-bond donors (Lipinski definition) is 1. The van der Waals surface area contributed by atoms with Crippen molar-refractivity contribution in [3.05, 3.63) is 30.3 Å². The molecule has 1 N–H and O–H groups in total. The summed E-state index contributed by atoms with van der Waals surface area (Å²) < 4.78 is 5.31. The maximum absolute atomic E-state index is 9.19. The Balaban J connectivity index is 0.000000487. The minimum Gasteiger partial charge on any atom is -0.491 e. The average Bonchev–Trinajstić information content (AvgIpc) is 2.26. The van der Waals surface area contributed by atoms with Crippen molar-refractivity contribution in [2.75, 3.05) is 6.61 Å². The van der Waals surface area contributed by atoms with E-state index in [4.69, 9.17) is 4.74 Å². The first kappa shape index (κ1) is 15.0. The van der Waals surface area contributed by atoms with Crippen LogP contribution in [0.25, 0.3) is 0 Å². The van der Waals surface area contributed by atoms with Crippen LogP contribution < -0.4 is 4.74 Å². The van der Waals surface area contributed by atoms with Gasteiger partial charge in [-0.3, -0.25) is 0 Å². The minimum atomic E-state index is -0.356. The van der Waals surface area contributed by atoms with Gasteiger partial charge < -0.3 is 9.84 Å². The third-order valence-corrected chi connectivity index (χ3v) is 1.66. The summed E-state index contributed by atoms with van der Waals surface area (Å²) in [5.41, 5.74) is 0. The van der Waals surface area contributed by atoms with Gasteiger partial charge in [0.1, 0.15) is 12.4 Å². The predicted octanol–water partition coefficient (Wildman–Crippen LogP) is 3.50. The van der Waals surface area contributed by atoms with Gasteiger partial charge in [0.25, 0.3) is 0 Å². The van der Waals surface area contributed by atoms with E-state index >= 15 is 0 Å².